The number of benzene rings is 1. The standard InChI is InChI=1S/C37H53F2N3O3.C3H8/c1-7-11-15-29-16-17-31(36(44)45-6)25-34(29)40(5)26-32(24-30(14-9-3)28(10-4)13-8-2)35(43)41-22-18-33(19-23-41)42-21-12-20-37(38,39)27-42;1-3-2/h8-10,14,16-17,24-25,28,30,33H,2,4,7,11-13,15,18-23,26-27H2,1,3,5-6H3;3H2,1-2H3/b14-9-,32-24+;. The van der Waals surface area contributed by atoms with Crippen LogP contribution in [0.1, 0.15) is 95.0 Å². The molecular weight excluding hydrogens is 608 g/mol. The maximum Gasteiger partial charge on any atom is 0.337 e. The van der Waals surface area contributed by atoms with Crippen molar-refractivity contribution in [3.63, 3.8) is 0 Å². The number of rotatable bonds is 15. The molecule has 2 fully saturated rings. The number of allylic oxidation sites excluding steroid dienone is 5. The topological polar surface area (TPSA) is 53.1 Å². The van der Waals surface area contributed by atoms with Crippen molar-refractivity contribution in [2.24, 2.45) is 11.8 Å². The summed E-state index contributed by atoms with van der Waals surface area (Å²) in [6, 6.07) is 5.69. The van der Waals surface area contributed by atoms with Gasteiger partial charge in [0.2, 0.25) is 0 Å². The minimum atomic E-state index is -2.64. The predicted molar refractivity (Wildman–Crippen MR) is 196 cm³/mol. The second-order valence-electron chi connectivity index (χ2n) is 13.2. The summed E-state index contributed by atoms with van der Waals surface area (Å²) in [6.07, 6.45) is 16.6. The van der Waals surface area contributed by atoms with Crippen LogP contribution in [-0.4, -0.2) is 80.5 Å². The number of amides is 1. The van der Waals surface area contributed by atoms with Gasteiger partial charge in [0.1, 0.15) is 0 Å². The average Bonchev–Trinajstić information content (AvgIpc) is 3.08. The lowest BCUT2D eigenvalue weighted by molar-refractivity contribution is -0.129. The molecule has 0 aliphatic carbocycles. The number of aryl methyl sites for hydroxylation is 1. The van der Waals surface area contributed by atoms with Crippen LogP contribution >= 0.6 is 0 Å². The van der Waals surface area contributed by atoms with Crippen LogP contribution in [0.2, 0.25) is 0 Å². The molecule has 0 N–H and O–H groups in total. The molecule has 0 bridgehead atoms. The zero-order chi connectivity index (χ0) is 35.7. The molecule has 0 saturated carbocycles. The molecule has 1 aromatic carbocycles. The molecule has 2 aliphatic rings. The maximum absolute atomic E-state index is 14.3. The molecule has 1 amide bonds. The third kappa shape index (κ3) is 12.3. The van der Waals surface area contributed by atoms with E-state index in [-0.39, 0.29) is 36.8 Å². The zero-order valence-corrected chi connectivity index (χ0v) is 30.5. The van der Waals surface area contributed by atoms with Crippen molar-refractivity contribution in [1.29, 1.82) is 0 Å². The Bertz CT molecular complexity index is 1240. The van der Waals surface area contributed by atoms with Crippen LogP contribution in [0.4, 0.5) is 14.5 Å². The van der Waals surface area contributed by atoms with E-state index in [1.807, 2.05) is 59.0 Å². The lowest BCUT2D eigenvalue weighted by atomic mass is 9.87. The fourth-order valence-corrected chi connectivity index (χ4v) is 6.60. The second kappa shape index (κ2) is 21.0. The van der Waals surface area contributed by atoms with Crippen molar-refractivity contribution in [1.82, 2.24) is 9.80 Å². The highest BCUT2D eigenvalue weighted by Crippen LogP contribution is 2.31. The Balaban J connectivity index is 0.00000257. The Kier molecular flexibility index (Phi) is 17.9. The SMILES string of the molecule is C=CCC(C=C)C(/C=C\C)/C=C(\CN(C)c1cc(C(=O)OC)ccc1CCCC)C(=O)N1CCC(N2CCCC(F)(F)C2)CC1.CCC. The molecular formula is C40H61F2N3O3. The van der Waals surface area contributed by atoms with Gasteiger partial charge in [-0.1, -0.05) is 70.1 Å². The number of unbranched alkanes of at least 4 members (excludes halogenated alkanes) is 1. The van der Waals surface area contributed by atoms with Gasteiger partial charge in [-0.3, -0.25) is 9.69 Å². The van der Waals surface area contributed by atoms with Crippen molar-refractivity contribution in [3.05, 3.63) is 78.4 Å². The molecule has 6 nitrogen and oxygen atoms in total. The largest absolute Gasteiger partial charge is 0.465 e. The van der Waals surface area contributed by atoms with Gasteiger partial charge in [-0.15, -0.1) is 13.2 Å². The van der Waals surface area contributed by atoms with E-state index >= 15 is 0 Å². The Hall–Kier alpha value is -3.26. The van der Waals surface area contributed by atoms with E-state index in [2.05, 4.69) is 46.1 Å². The number of nitrogens with zero attached hydrogens (tertiary/aromatic N) is 3. The van der Waals surface area contributed by atoms with Crippen molar-refractivity contribution in [2.75, 3.05) is 51.8 Å². The van der Waals surface area contributed by atoms with Gasteiger partial charge in [-0.25, -0.2) is 13.6 Å². The third-order valence-electron chi connectivity index (χ3n) is 9.13. The first-order valence-corrected chi connectivity index (χ1v) is 17.9. The van der Waals surface area contributed by atoms with Crippen molar-refractivity contribution < 1.29 is 23.1 Å². The summed E-state index contributed by atoms with van der Waals surface area (Å²) in [7, 11) is 3.33. The highest BCUT2D eigenvalue weighted by Gasteiger charge is 2.39. The van der Waals surface area contributed by atoms with Crippen molar-refractivity contribution in [2.45, 2.75) is 97.4 Å². The highest BCUT2D eigenvalue weighted by atomic mass is 19.3. The third-order valence-corrected chi connectivity index (χ3v) is 9.13. The Morgan fingerprint density at radius 1 is 1.15 bits per heavy atom. The minimum Gasteiger partial charge on any atom is -0.465 e. The van der Waals surface area contributed by atoms with E-state index in [1.165, 1.54) is 13.5 Å². The smallest absolute Gasteiger partial charge is 0.337 e. The zero-order valence-electron chi connectivity index (χ0n) is 30.5. The van der Waals surface area contributed by atoms with Crippen molar-refractivity contribution >= 4 is 17.6 Å². The van der Waals surface area contributed by atoms with E-state index in [0.29, 0.717) is 56.6 Å². The van der Waals surface area contributed by atoms with E-state index < -0.39 is 11.9 Å². The van der Waals surface area contributed by atoms with Crippen LogP contribution < -0.4 is 4.90 Å². The van der Waals surface area contributed by atoms with E-state index in [0.717, 1.165) is 36.9 Å². The Labute approximate surface area is 289 Å². The lowest BCUT2D eigenvalue weighted by Crippen LogP contribution is -2.52. The number of anilines is 1. The number of hydrogen-bond acceptors (Lipinski definition) is 5. The Morgan fingerprint density at radius 2 is 1.83 bits per heavy atom. The summed E-state index contributed by atoms with van der Waals surface area (Å²) in [4.78, 5) is 32.6. The number of halogens is 2. The molecule has 48 heavy (non-hydrogen) atoms. The van der Waals surface area contributed by atoms with E-state index in [1.54, 1.807) is 6.07 Å². The van der Waals surface area contributed by atoms with Crippen LogP contribution in [-0.2, 0) is 16.0 Å². The fraction of sp³-hybridized carbons (Fsp3) is 0.600. The summed E-state index contributed by atoms with van der Waals surface area (Å²) < 4.78 is 33.3. The predicted octanol–water partition coefficient (Wildman–Crippen LogP) is 8.89. The minimum absolute atomic E-state index is 0.0422. The number of likely N-dealkylation sites (tertiary alicyclic amines) is 2. The van der Waals surface area contributed by atoms with Crippen LogP contribution in [0, 0.1) is 11.8 Å². The molecule has 2 aliphatic heterocycles. The van der Waals surface area contributed by atoms with Gasteiger partial charge in [-0.05, 0) is 75.6 Å². The number of carbonyl (C=O) groups is 2. The van der Waals surface area contributed by atoms with Crippen LogP contribution in [0.15, 0.2) is 67.3 Å². The number of esters is 1. The molecule has 268 valence electrons. The maximum atomic E-state index is 14.3. The van der Waals surface area contributed by atoms with Gasteiger partial charge >= 0.3 is 5.97 Å². The lowest BCUT2D eigenvalue weighted by Gasteiger charge is -2.42. The van der Waals surface area contributed by atoms with Gasteiger partial charge in [0.05, 0.1) is 19.2 Å². The number of likely N-dealkylation sites (N-methyl/N-ethyl adjacent to an activating group) is 1. The molecule has 2 unspecified atom stereocenters. The summed E-state index contributed by atoms with van der Waals surface area (Å²) in [5.41, 5.74) is 3.12. The number of carbonyl (C=O) groups excluding carboxylic acids is 2. The molecule has 1 aromatic rings. The number of hydrogen-bond donors (Lipinski definition) is 0. The normalized spacial score (nSPS) is 18.4. The monoisotopic (exact) mass is 669 g/mol. The highest BCUT2D eigenvalue weighted by molar-refractivity contribution is 5.95. The molecule has 0 radical (unpaired) electrons. The molecule has 3 rings (SSSR count). The average molecular weight is 670 g/mol. The first-order chi connectivity index (χ1) is 23.0. The van der Waals surface area contributed by atoms with Crippen LogP contribution in [0.3, 0.4) is 0 Å². The summed E-state index contributed by atoms with van der Waals surface area (Å²) >= 11 is 0. The molecule has 2 saturated heterocycles. The van der Waals surface area contributed by atoms with E-state index in [4.69, 9.17) is 4.74 Å². The van der Waals surface area contributed by atoms with E-state index in [9.17, 15) is 18.4 Å². The quantitative estimate of drug-likeness (QED) is 0.106. The number of ether oxygens (including phenoxy) is 1. The molecule has 2 heterocycles. The van der Waals surface area contributed by atoms with Gasteiger partial charge in [0.25, 0.3) is 11.8 Å². The molecule has 8 heteroatoms. The molecule has 2 atom stereocenters. The second-order valence-corrected chi connectivity index (χ2v) is 13.2. The Morgan fingerprint density at radius 3 is 2.40 bits per heavy atom. The first kappa shape index (κ1) is 40.9. The van der Waals surface area contributed by atoms with Gasteiger partial charge < -0.3 is 14.5 Å². The summed E-state index contributed by atoms with van der Waals surface area (Å²) in [6.45, 7) is 18.2. The van der Waals surface area contributed by atoms with Crippen molar-refractivity contribution in [3.8, 4) is 0 Å². The van der Waals surface area contributed by atoms with Crippen LogP contribution in [0.25, 0.3) is 0 Å². The number of alkyl halides is 2. The molecule has 0 spiro atoms. The number of methoxy groups -OCH3 is 1. The fourth-order valence-electron chi connectivity index (χ4n) is 6.60. The van der Waals surface area contributed by atoms with Crippen LogP contribution in [0.5, 0.6) is 0 Å². The van der Waals surface area contributed by atoms with Gasteiger partial charge in [0.15, 0.2) is 0 Å². The summed E-state index contributed by atoms with van der Waals surface area (Å²) in [5.74, 6) is -3.08. The van der Waals surface area contributed by atoms with Gasteiger partial charge in [0, 0.05) is 56.3 Å². The number of piperidine rings is 2. The summed E-state index contributed by atoms with van der Waals surface area (Å²) in [5, 5.41) is 0. The molecule has 0 aromatic heterocycles. The van der Waals surface area contributed by atoms with Gasteiger partial charge in [-0.2, -0.15) is 0 Å². The first-order valence-electron chi connectivity index (χ1n) is 17.9.